The first kappa shape index (κ1) is 9.16. The lowest BCUT2D eigenvalue weighted by molar-refractivity contribution is 0.198. The lowest BCUT2D eigenvalue weighted by Crippen LogP contribution is -2.04. The van der Waals surface area contributed by atoms with Crippen molar-refractivity contribution >= 4 is 0 Å². The second-order valence-electron chi connectivity index (χ2n) is 2.86. The van der Waals surface area contributed by atoms with Gasteiger partial charge in [-0.2, -0.15) is 0 Å². The molecule has 0 amide bonds. The van der Waals surface area contributed by atoms with Gasteiger partial charge in [-0.25, -0.2) is 0 Å². The standard InChI is InChI=1S/C9H14N2O/c1-6-9(7(2)12)4-3-8(5-10)11-6/h3-4,7,12H,5,10H2,1-2H3. The molecule has 0 aliphatic heterocycles. The van der Waals surface area contributed by atoms with Crippen molar-refractivity contribution in [1.82, 2.24) is 4.98 Å². The van der Waals surface area contributed by atoms with Crippen molar-refractivity contribution in [2.24, 2.45) is 5.73 Å². The number of nitrogens with two attached hydrogens (primary N) is 1. The van der Waals surface area contributed by atoms with Gasteiger partial charge in [-0.15, -0.1) is 0 Å². The summed E-state index contributed by atoms with van der Waals surface area (Å²) in [6.07, 6.45) is -0.454. The molecule has 1 aromatic heterocycles. The molecule has 0 saturated heterocycles. The van der Waals surface area contributed by atoms with E-state index in [9.17, 15) is 5.11 Å². The Labute approximate surface area is 72.2 Å². The summed E-state index contributed by atoms with van der Waals surface area (Å²) in [6.45, 7) is 4.05. The van der Waals surface area contributed by atoms with Gasteiger partial charge in [0.1, 0.15) is 0 Å². The van der Waals surface area contributed by atoms with Gasteiger partial charge < -0.3 is 10.8 Å². The molecular formula is C9H14N2O. The first-order valence-electron chi connectivity index (χ1n) is 3.99. The van der Waals surface area contributed by atoms with Crippen LogP contribution in [0.4, 0.5) is 0 Å². The number of aliphatic hydroxyl groups is 1. The fourth-order valence-corrected chi connectivity index (χ4v) is 1.18. The molecule has 3 nitrogen and oxygen atoms in total. The van der Waals surface area contributed by atoms with Crippen molar-refractivity contribution < 1.29 is 5.11 Å². The number of aryl methyl sites for hydroxylation is 1. The maximum atomic E-state index is 9.30. The molecule has 0 spiro atoms. The number of pyridine rings is 1. The highest BCUT2D eigenvalue weighted by Gasteiger charge is 2.05. The highest BCUT2D eigenvalue weighted by molar-refractivity contribution is 5.23. The van der Waals surface area contributed by atoms with Crippen molar-refractivity contribution in [2.75, 3.05) is 0 Å². The van der Waals surface area contributed by atoms with E-state index < -0.39 is 6.10 Å². The highest BCUT2D eigenvalue weighted by Crippen LogP contribution is 2.15. The van der Waals surface area contributed by atoms with Crippen LogP contribution in [-0.2, 0) is 6.54 Å². The van der Waals surface area contributed by atoms with Crippen molar-refractivity contribution in [2.45, 2.75) is 26.5 Å². The van der Waals surface area contributed by atoms with Crippen molar-refractivity contribution in [3.8, 4) is 0 Å². The molecule has 3 heteroatoms. The largest absolute Gasteiger partial charge is 0.389 e. The number of nitrogens with zero attached hydrogens (tertiary/aromatic N) is 1. The average molecular weight is 166 g/mol. The molecule has 12 heavy (non-hydrogen) atoms. The Morgan fingerprint density at radius 1 is 1.58 bits per heavy atom. The van der Waals surface area contributed by atoms with E-state index in [4.69, 9.17) is 5.73 Å². The molecular weight excluding hydrogens is 152 g/mol. The average Bonchev–Trinajstić information content (AvgIpc) is 2.03. The van der Waals surface area contributed by atoms with Crippen LogP contribution in [0.25, 0.3) is 0 Å². The van der Waals surface area contributed by atoms with E-state index in [1.807, 2.05) is 19.1 Å². The fraction of sp³-hybridized carbons (Fsp3) is 0.444. The molecule has 1 rings (SSSR count). The lowest BCUT2D eigenvalue weighted by atomic mass is 10.1. The molecule has 0 fully saturated rings. The van der Waals surface area contributed by atoms with E-state index in [1.165, 1.54) is 0 Å². The highest BCUT2D eigenvalue weighted by atomic mass is 16.3. The van der Waals surface area contributed by atoms with Gasteiger partial charge >= 0.3 is 0 Å². The maximum Gasteiger partial charge on any atom is 0.0779 e. The Hall–Kier alpha value is -0.930. The predicted molar refractivity (Wildman–Crippen MR) is 47.5 cm³/mol. The van der Waals surface area contributed by atoms with Crippen LogP contribution in [0.1, 0.15) is 30.0 Å². The Morgan fingerprint density at radius 3 is 2.67 bits per heavy atom. The van der Waals surface area contributed by atoms with Gasteiger partial charge in [-0.05, 0) is 19.9 Å². The fourth-order valence-electron chi connectivity index (χ4n) is 1.18. The van der Waals surface area contributed by atoms with E-state index in [0.29, 0.717) is 6.54 Å². The third-order valence-electron chi connectivity index (χ3n) is 1.84. The van der Waals surface area contributed by atoms with Gasteiger partial charge in [0.05, 0.1) is 11.8 Å². The molecule has 1 aromatic rings. The summed E-state index contributed by atoms with van der Waals surface area (Å²) in [4.78, 5) is 4.23. The summed E-state index contributed by atoms with van der Waals surface area (Å²) in [5.74, 6) is 0. The molecule has 0 aromatic carbocycles. The summed E-state index contributed by atoms with van der Waals surface area (Å²) in [5.41, 5.74) is 8.00. The summed E-state index contributed by atoms with van der Waals surface area (Å²) < 4.78 is 0. The minimum absolute atomic E-state index is 0.445. The van der Waals surface area contributed by atoms with Gasteiger partial charge in [0, 0.05) is 17.8 Å². The van der Waals surface area contributed by atoms with Gasteiger partial charge in [0.25, 0.3) is 0 Å². The number of hydrogen-bond acceptors (Lipinski definition) is 3. The van der Waals surface area contributed by atoms with Crippen LogP contribution in [0.2, 0.25) is 0 Å². The number of aliphatic hydroxyl groups excluding tert-OH is 1. The molecule has 0 aliphatic rings. The second kappa shape index (κ2) is 3.65. The topological polar surface area (TPSA) is 59.1 Å². The van der Waals surface area contributed by atoms with Crippen LogP contribution in [0.15, 0.2) is 12.1 Å². The zero-order valence-corrected chi connectivity index (χ0v) is 7.41. The third-order valence-corrected chi connectivity index (χ3v) is 1.84. The quantitative estimate of drug-likeness (QED) is 0.686. The summed E-state index contributed by atoms with van der Waals surface area (Å²) in [7, 11) is 0. The Kier molecular flexibility index (Phi) is 2.78. The molecule has 3 N–H and O–H groups in total. The molecule has 1 atom stereocenters. The van der Waals surface area contributed by atoms with Crippen LogP contribution in [0.5, 0.6) is 0 Å². The zero-order valence-electron chi connectivity index (χ0n) is 7.41. The predicted octanol–water partition coefficient (Wildman–Crippen LogP) is 0.902. The van der Waals surface area contributed by atoms with Gasteiger partial charge in [0.15, 0.2) is 0 Å². The van der Waals surface area contributed by atoms with Crippen molar-refractivity contribution in [3.63, 3.8) is 0 Å². The van der Waals surface area contributed by atoms with Crippen LogP contribution in [0.3, 0.4) is 0 Å². The van der Waals surface area contributed by atoms with E-state index in [-0.39, 0.29) is 0 Å². The minimum Gasteiger partial charge on any atom is -0.389 e. The minimum atomic E-state index is -0.454. The Balaban J connectivity index is 3.03. The zero-order chi connectivity index (χ0) is 9.14. The smallest absolute Gasteiger partial charge is 0.0779 e. The Morgan fingerprint density at radius 2 is 2.25 bits per heavy atom. The third kappa shape index (κ3) is 1.81. The van der Waals surface area contributed by atoms with E-state index in [2.05, 4.69) is 4.98 Å². The number of aromatic nitrogens is 1. The first-order valence-corrected chi connectivity index (χ1v) is 3.99. The van der Waals surface area contributed by atoms with E-state index in [1.54, 1.807) is 6.92 Å². The normalized spacial score (nSPS) is 13.0. The van der Waals surface area contributed by atoms with Crippen molar-refractivity contribution in [3.05, 3.63) is 29.1 Å². The maximum absolute atomic E-state index is 9.30. The number of hydrogen-bond donors (Lipinski definition) is 2. The van der Waals surface area contributed by atoms with Crippen LogP contribution in [0, 0.1) is 6.92 Å². The summed E-state index contributed by atoms with van der Waals surface area (Å²) in [5, 5.41) is 9.30. The van der Waals surface area contributed by atoms with E-state index in [0.717, 1.165) is 17.0 Å². The SMILES string of the molecule is Cc1nc(CN)ccc1C(C)O. The summed E-state index contributed by atoms with van der Waals surface area (Å²) >= 11 is 0. The van der Waals surface area contributed by atoms with Crippen LogP contribution in [-0.4, -0.2) is 10.1 Å². The monoisotopic (exact) mass is 166 g/mol. The molecule has 1 heterocycles. The molecule has 66 valence electrons. The van der Waals surface area contributed by atoms with Crippen LogP contribution >= 0.6 is 0 Å². The van der Waals surface area contributed by atoms with E-state index >= 15 is 0 Å². The van der Waals surface area contributed by atoms with Gasteiger partial charge in [-0.1, -0.05) is 6.07 Å². The second-order valence-corrected chi connectivity index (χ2v) is 2.86. The van der Waals surface area contributed by atoms with Gasteiger partial charge in [-0.3, -0.25) is 4.98 Å². The summed E-state index contributed by atoms with van der Waals surface area (Å²) in [6, 6.07) is 3.71. The molecule has 0 saturated carbocycles. The lowest BCUT2D eigenvalue weighted by Gasteiger charge is -2.08. The van der Waals surface area contributed by atoms with Crippen LogP contribution < -0.4 is 5.73 Å². The molecule has 0 bridgehead atoms. The molecule has 0 radical (unpaired) electrons. The first-order chi connectivity index (χ1) is 5.65. The number of rotatable bonds is 2. The van der Waals surface area contributed by atoms with Crippen molar-refractivity contribution in [1.29, 1.82) is 0 Å². The Bertz CT molecular complexity index is 271. The molecule has 0 aliphatic carbocycles. The van der Waals surface area contributed by atoms with Gasteiger partial charge in [0.2, 0.25) is 0 Å². The molecule has 1 unspecified atom stereocenters.